The van der Waals surface area contributed by atoms with Crippen molar-refractivity contribution in [2.45, 2.75) is 43.6 Å². The van der Waals surface area contributed by atoms with Crippen LogP contribution in [0.1, 0.15) is 24.8 Å². The molecule has 2 aliphatic rings. The molecule has 2 fully saturated rings. The summed E-state index contributed by atoms with van der Waals surface area (Å²) in [5.41, 5.74) is 0.678. The molecule has 2 N–H and O–H groups in total. The Morgan fingerprint density at radius 2 is 2.00 bits per heavy atom. The fraction of sp³-hybridized carbons (Fsp3) is 0.625. The van der Waals surface area contributed by atoms with E-state index in [1.165, 1.54) is 6.07 Å². The number of rotatable bonds is 2. The lowest BCUT2D eigenvalue weighted by Gasteiger charge is -2.46. The predicted octanol–water partition coefficient (Wildman–Crippen LogP) is 1.96. The van der Waals surface area contributed by atoms with Crippen LogP contribution in [0.15, 0.2) is 18.2 Å². The highest BCUT2D eigenvalue weighted by Gasteiger charge is 2.42. The van der Waals surface area contributed by atoms with Gasteiger partial charge in [0.2, 0.25) is 0 Å². The smallest absolute Gasteiger partial charge is 0.141 e. The fourth-order valence-electron chi connectivity index (χ4n) is 3.31. The van der Waals surface area contributed by atoms with E-state index >= 15 is 0 Å². The summed E-state index contributed by atoms with van der Waals surface area (Å²) < 4.78 is 19.0. The first-order valence-electron chi connectivity index (χ1n) is 7.64. The monoisotopic (exact) mass is 329 g/mol. The third-order valence-corrected chi connectivity index (χ3v) is 5.03. The van der Waals surface area contributed by atoms with E-state index in [9.17, 15) is 14.6 Å². The molecule has 0 amide bonds. The van der Waals surface area contributed by atoms with Gasteiger partial charge >= 0.3 is 0 Å². The summed E-state index contributed by atoms with van der Waals surface area (Å²) in [5, 5.41) is 19.6. The van der Waals surface area contributed by atoms with Gasteiger partial charge in [0.05, 0.1) is 23.3 Å². The Bertz CT molecular complexity index is 534. The normalized spacial score (nSPS) is 28.9. The molecule has 2 aliphatic heterocycles. The molecule has 6 heteroatoms. The van der Waals surface area contributed by atoms with E-state index in [0.717, 1.165) is 38.0 Å². The standard InChI is InChI=1S/C16H21ClFNO3/c17-12-7-11(1-2-13(12)18)9-19-5-3-16(4-6-19)8-14(20)15(21)10-22-16/h1-2,7,14-15,20-21H,3-6,8-10H2/t14-,15+/m1/s1. The van der Waals surface area contributed by atoms with Gasteiger partial charge < -0.3 is 14.9 Å². The van der Waals surface area contributed by atoms with Gasteiger partial charge in [0.15, 0.2) is 0 Å². The number of nitrogens with zero attached hydrogens (tertiary/aromatic N) is 1. The maximum absolute atomic E-state index is 13.2. The summed E-state index contributed by atoms with van der Waals surface area (Å²) in [5.74, 6) is -0.397. The van der Waals surface area contributed by atoms with E-state index in [1.54, 1.807) is 12.1 Å². The minimum atomic E-state index is -0.773. The van der Waals surface area contributed by atoms with Gasteiger partial charge in [-0.2, -0.15) is 0 Å². The SMILES string of the molecule is O[C@@H]1CC2(CCN(Cc3ccc(F)c(Cl)c3)CC2)OC[C@@H]1O. The Hall–Kier alpha value is -0.720. The van der Waals surface area contributed by atoms with Gasteiger partial charge in [0.25, 0.3) is 0 Å². The van der Waals surface area contributed by atoms with Crippen LogP contribution in [0.5, 0.6) is 0 Å². The Morgan fingerprint density at radius 3 is 2.64 bits per heavy atom. The number of likely N-dealkylation sites (tertiary alicyclic amines) is 1. The van der Waals surface area contributed by atoms with Crippen LogP contribution in [-0.2, 0) is 11.3 Å². The molecule has 22 heavy (non-hydrogen) atoms. The van der Waals surface area contributed by atoms with Crippen molar-refractivity contribution >= 4 is 11.6 Å². The summed E-state index contributed by atoms with van der Waals surface area (Å²) in [6.45, 7) is 2.62. The molecular weight excluding hydrogens is 309 g/mol. The maximum atomic E-state index is 13.2. The van der Waals surface area contributed by atoms with Crippen LogP contribution < -0.4 is 0 Å². The average molecular weight is 330 g/mol. The Morgan fingerprint density at radius 1 is 1.27 bits per heavy atom. The fourth-order valence-corrected chi connectivity index (χ4v) is 3.52. The number of hydrogen-bond acceptors (Lipinski definition) is 4. The summed E-state index contributed by atoms with van der Waals surface area (Å²) in [6.07, 6.45) is 0.670. The van der Waals surface area contributed by atoms with Crippen molar-refractivity contribution in [2.75, 3.05) is 19.7 Å². The lowest BCUT2D eigenvalue weighted by Crippen LogP contribution is -2.54. The number of piperidine rings is 1. The number of ether oxygens (including phenoxy) is 1. The third kappa shape index (κ3) is 3.44. The molecule has 2 atom stereocenters. The average Bonchev–Trinajstić information content (AvgIpc) is 2.50. The minimum Gasteiger partial charge on any atom is -0.390 e. The highest BCUT2D eigenvalue weighted by molar-refractivity contribution is 6.30. The number of hydrogen-bond donors (Lipinski definition) is 2. The van der Waals surface area contributed by atoms with E-state index in [-0.39, 0.29) is 17.2 Å². The zero-order chi connectivity index (χ0) is 15.7. The first kappa shape index (κ1) is 16.1. The molecule has 2 saturated heterocycles. The number of halogens is 2. The van der Waals surface area contributed by atoms with Crippen molar-refractivity contribution in [3.63, 3.8) is 0 Å². The van der Waals surface area contributed by atoms with Gasteiger partial charge in [-0.05, 0) is 30.5 Å². The van der Waals surface area contributed by atoms with Crippen LogP contribution in [0.25, 0.3) is 0 Å². The molecule has 0 saturated carbocycles. The Balaban J connectivity index is 1.56. The quantitative estimate of drug-likeness (QED) is 0.871. The highest BCUT2D eigenvalue weighted by Crippen LogP contribution is 2.35. The van der Waals surface area contributed by atoms with Crippen LogP contribution >= 0.6 is 11.6 Å². The van der Waals surface area contributed by atoms with Crippen molar-refractivity contribution < 1.29 is 19.3 Å². The van der Waals surface area contributed by atoms with Crippen molar-refractivity contribution in [3.05, 3.63) is 34.6 Å². The molecule has 1 aromatic rings. The van der Waals surface area contributed by atoms with Gasteiger partial charge in [0, 0.05) is 26.1 Å². The minimum absolute atomic E-state index is 0.152. The zero-order valence-electron chi connectivity index (χ0n) is 12.3. The first-order chi connectivity index (χ1) is 10.5. The molecule has 1 spiro atoms. The summed E-state index contributed by atoms with van der Waals surface area (Å²) in [6, 6.07) is 4.81. The van der Waals surface area contributed by atoms with Crippen molar-refractivity contribution in [1.29, 1.82) is 0 Å². The molecule has 0 radical (unpaired) electrons. The second-order valence-corrected chi connectivity index (χ2v) is 6.76. The molecule has 0 aromatic heterocycles. The van der Waals surface area contributed by atoms with Gasteiger partial charge in [-0.3, -0.25) is 4.90 Å². The van der Waals surface area contributed by atoms with Crippen LogP contribution in [0, 0.1) is 5.82 Å². The predicted molar refractivity (Wildman–Crippen MR) is 81.2 cm³/mol. The highest BCUT2D eigenvalue weighted by atomic mass is 35.5. The molecule has 122 valence electrons. The van der Waals surface area contributed by atoms with Crippen molar-refractivity contribution in [2.24, 2.45) is 0 Å². The maximum Gasteiger partial charge on any atom is 0.141 e. The topological polar surface area (TPSA) is 52.9 Å². The molecule has 0 unspecified atom stereocenters. The zero-order valence-corrected chi connectivity index (χ0v) is 13.1. The molecule has 0 aliphatic carbocycles. The summed E-state index contributed by atoms with van der Waals surface area (Å²) in [7, 11) is 0. The van der Waals surface area contributed by atoms with E-state index < -0.39 is 18.0 Å². The lowest BCUT2D eigenvalue weighted by molar-refractivity contribution is -0.188. The van der Waals surface area contributed by atoms with Crippen molar-refractivity contribution in [3.8, 4) is 0 Å². The number of aliphatic hydroxyl groups excluding tert-OH is 2. The molecular formula is C16H21ClFNO3. The molecule has 0 bridgehead atoms. The van der Waals surface area contributed by atoms with E-state index in [2.05, 4.69) is 4.90 Å². The van der Waals surface area contributed by atoms with Crippen LogP contribution in [0.4, 0.5) is 4.39 Å². The van der Waals surface area contributed by atoms with E-state index in [1.807, 2.05) is 0 Å². The van der Waals surface area contributed by atoms with E-state index in [4.69, 9.17) is 16.3 Å². The summed E-state index contributed by atoms with van der Waals surface area (Å²) in [4.78, 5) is 2.27. The van der Waals surface area contributed by atoms with Gasteiger partial charge in [-0.15, -0.1) is 0 Å². The van der Waals surface area contributed by atoms with Gasteiger partial charge in [-0.25, -0.2) is 4.39 Å². The largest absolute Gasteiger partial charge is 0.390 e. The lowest BCUT2D eigenvalue weighted by atomic mass is 9.82. The Kier molecular flexibility index (Phi) is 4.71. The van der Waals surface area contributed by atoms with Crippen LogP contribution in [-0.4, -0.2) is 52.6 Å². The first-order valence-corrected chi connectivity index (χ1v) is 8.02. The molecule has 1 aromatic carbocycles. The van der Waals surface area contributed by atoms with Gasteiger partial charge in [0.1, 0.15) is 11.9 Å². The molecule has 2 heterocycles. The van der Waals surface area contributed by atoms with Gasteiger partial charge in [-0.1, -0.05) is 17.7 Å². The number of aliphatic hydroxyl groups is 2. The summed E-state index contributed by atoms with van der Waals surface area (Å²) >= 11 is 5.81. The second-order valence-electron chi connectivity index (χ2n) is 6.36. The number of benzene rings is 1. The third-order valence-electron chi connectivity index (χ3n) is 4.74. The molecule has 3 rings (SSSR count). The van der Waals surface area contributed by atoms with E-state index in [0.29, 0.717) is 6.42 Å². The Labute approximate surface area is 134 Å². The van der Waals surface area contributed by atoms with Crippen LogP contribution in [0.2, 0.25) is 5.02 Å². The van der Waals surface area contributed by atoms with Crippen LogP contribution in [0.3, 0.4) is 0 Å². The molecule has 4 nitrogen and oxygen atoms in total. The second kappa shape index (κ2) is 6.42. The van der Waals surface area contributed by atoms with Crippen molar-refractivity contribution in [1.82, 2.24) is 4.90 Å².